The van der Waals surface area contributed by atoms with Crippen molar-refractivity contribution in [2.45, 2.75) is 51.0 Å². The standard InChI is InChI=1S/C17H26N2O4S/c1-13(2)23-11-5-9-18-24(21,22)16-8-7-15(12-14(16)3)19-10-4-6-17(19)20/h7-8,12-13,18H,4-6,9-11H2,1-3H3. The number of nitrogens with one attached hydrogen (secondary N) is 1. The van der Waals surface area contributed by atoms with Gasteiger partial charge in [0.2, 0.25) is 15.9 Å². The maximum atomic E-state index is 12.4. The Labute approximate surface area is 144 Å². The highest BCUT2D eigenvalue weighted by atomic mass is 32.2. The van der Waals surface area contributed by atoms with Crippen molar-refractivity contribution in [3.63, 3.8) is 0 Å². The molecule has 134 valence electrons. The SMILES string of the molecule is Cc1cc(N2CCCC2=O)ccc1S(=O)(=O)NCCCOC(C)C. The van der Waals surface area contributed by atoms with Crippen LogP contribution < -0.4 is 9.62 Å². The molecule has 1 aromatic carbocycles. The van der Waals surface area contributed by atoms with E-state index in [0.717, 1.165) is 12.1 Å². The Morgan fingerprint density at radius 3 is 2.67 bits per heavy atom. The molecular formula is C17H26N2O4S. The van der Waals surface area contributed by atoms with Gasteiger partial charge in [0, 0.05) is 31.8 Å². The maximum absolute atomic E-state index is 12.4. The normalized spacial score (nSPS) is 15.5. The van der Waals surface area contributed by atoms with Crippen molar-refractivity contribution >= 4 is 21.6 Å². The average Bonchev–Trinajstić information content (AvgIpc) is 2.92. The molecule has 1 amide bonds. The zero-order valence-electron chi connectivity index (χ0n) is 14.5. The van der Waals surface area contributed by atoms with Crippen molar-refractivity contribution in [2.24, 2.45) is 0 Å². The highest BCUT2D eigenvalue weighted by Crippen LogP contribution is 2.25. The predicted molar refractivity (Wildman–Crippen MR) is 93.7 cm³/mol. The fraction of sp³-hybridized carbons (Fsp3) is 0.588. The largest absolute Gasteiger partial charge is 0.379 e. The van der Waals surface area contributed by atoms with Crippen LogP contribution in [0.15, 0.2) is 23.1 Å². The van der Waals surface area contributed by atoms with Crippen molar-refractivity contribution in [3.05, 3.63) is 23.8 Å². The molecule has 1 heterocycles. The second-order valence-electron chi connectivity index (χ2n) is 6.27. The number of benzene rings is 1. The summed E-state index contributed by atoms with van der Waals surface area (Å²) >= 11 is 0. The topological polar surface area (TPSA) is 75.7 Å². The molecule has 1 saturated heterocycles. The first-order valence-electron chi connectivity index (χ1n) is 8.33. The predicted octanol–water partition coefficient (Wildman–Crippen LogP) is 2.22. The van der Waals surface area contributed by atoms with E-state index in [1.165, 1.54) is 0 Å². The van der Waals surface area contributed by atoms with Gasteiger partial charge in [-0.15, -0.1) is 0 Å². The van der Waals surface area contributed by atoms with Gasteiger partial charge in [-0.25, -0.2) is 13.1 Å². The molecule has 7 heteroatoms. The van der Waals surface area contributed by atoms with Crippen molar-refractivity contribution in [2.75, 3.05) is 24.6 Å². The number of hydrogen-bond acceptors (Lipinski definition) is 4. The summed E-state index contributed by atoms with van der Waals surface area (Å²) in [4.78, 5) is 13.8. The highest BCUT2D eigenvalue weighted by molar-refractivity contribution is 7.89. The van der Waals surface area contributed by atoms with E-state index in [9.17, 15) is 13.2 Å². The Balaban J connectivity index is 2.01. The second-order valence-corrected chi connectivity index (χ2v) is 8.00. The molecular weight excluding hydrogens is 328 g/mol. The molecule has 1 aliphatic heterocycles. The van der Waals surface area contributed by atoms with Crippen LogP contribution in [0.4, 0.5) is 5.69 Å². The quantitative estimate of drug-likeness (QED) is 0.726. The van der Waals surface area contributed by atoms with Gasteiger partial charge in [0.25, 0.3) is 0 Å². The molecule has 6 nitrogen and oxygen atoms in total. The lowest BCUT2D eigenvalue weighted by molar-refractivity contribution is -0.117. The fourth-order valence-electron chi connectivity index (χ4n) is 2.70. The smallest absolute Gasteiger partial charge is 0.240 e. The average molecular weight is 354 g/mol. The van der Waals surface area contributed by atoms with Crippen LogP contribution in [0.25, 0.3) is 0 Å². The minimum absolute atomic E-state index is 0.0910. The third kappa shape index (κ3) is 4.78. The van der Waals surface area contributed by atoms with Crippen LogP contribution in [-0.4, -0.2) is 40.1 Å². The summed E-state index contributed by atoms with van der Waals surface area (Å²) in [5, 5.41) is 0. The van der Waals surface area contributed by atoms with Gasteiger partial charge >= 0.3 is 0 Å². The second kappa shape index (κ2) is 8.09. The number of rotatable bonds is 8. The van der Waals surface area contributed by atoms with Gasteiger partial charge in [-0.3, -0.25) is 4.79 Å². The lowest BCUT2D eigenvalue weighted by Gasteiger charge is -2.18. The minimum atomic E-state index is -3.55. The van der Waals surface area contributed by atoms with E-state index < -0.39 is 10.0 Å². The molecule has 0 spiro atoms. The van der Waals surface area contributed by atoms with E-state index in [1.807, 2.05) is 13.8 Å². The van der Waals surface area contributed by atoms with Crippen molar-refractivity contribution in [3.8, 4) is 0 Å². The number of aryl methyl sites for hydroxylation is 1. The van der Waals surface area contributed by atoms with Crippen molar-refractivity contribution in [1.82, 2.24) is 4.72 Å². The summed E-state index contributed by atoms with van der Waals surface area (Å²) < 4.78 is 32.8. The van der Waals surface area contributed by atoms with Crippen LogP contribution in [0, 0.1) is 6.92 Å². The van der Waals surface area contributed by atoms with Gasteiger partial charge in [-0.05, 0) is 57.4 Å². The van der Waals surface area contributed by atoms with E-state index in [-0.39, 0.29) is 16.9 Å². The number of carbonyl (C=O) groups excluding carboxylic acids is 1. The maximum Gasteiger partial charge on any atom is 0.240 e. The summed E-state index contributed by atoms with van der Waals surface area (Å²) in [5.74, 6) is 0.0910. The molecule has 1 N–H and O–H groups in total. The molecule has 1 aliphatic rings. The highest BCUT2D eigenvalue weighted by Gasteiger charge is 2.23. The van der Waals surface area contributed by atoms with Crippen molar-refractivity contribution < 1.29 is 17.9 Å². The van der Waals surface area contributed by atoms with Crippen LogP contribution in [0.5, 0.6) is 0 Å². The van der Waals surface area contributed by atoms with Gasteiger partial charge in [0.05, 0.1) is 11.0 Å². The Kier molecular flexibility index (Phi) is 6.37. The van der Waals surface area contributed by atoms with Gasteiger partial charge in [0.15, 0.2) is 0 Å². The lowest BCUT2D eigenvalue weighted by atomic mass is 10.2. The first-order valence-corrected chi connectivity index (χ1v) is 9.82. The summed E-state index contributed by atoms with van der Waals surface area (Å²) in [6.07, 6.45) is 2.16. The zero-order chi connectivity index (χ0) is 17.7. The number of hydrogen-bond donors (Lipinski definition) is 1. The van der Waals surface area contributed by atoms with Crippen molar-refractivity contribution in [1.29, 1.82) is 0 Å². The van der Waals surface area contributed by atoms with E-state index in [1.54, 1.807) is 30.0 Å². The van der Waals surface area contributed by atoms with Gasteiger partial charge in [-0.1, -0.05) is 0 Å². The number of sulfonamides is 1. The van der Waals surface area contributed by atoms with Crippen LogP contribution in [-0.2, 0) is 19.6 Å². The van der Waals surface area contributed by atoms with E-state index in [0.29, 0.717) is 38.1 Å². The molecule has 1 aromatic rings. The molecule has 0 atom stereocenters. The van der Waals surface area contributed by atoms with Gasteiger partial charge in [0.1, 0.15) is 0 Å². The third-order valence-corrected chi connectivity index (χ3v) is 5.52. The number of nitrogens with zero attached hydrogens (tertiary/aromatic N) is 1. The molecule has 0 unspecified atom stereocenters. The van der Waals surface area contributed by atoms with E-state index in [2.05, 4.69) is 4.72 Å². The molecule has 0 aromatic heterocycles. The van der Waals surface area contributed by atoms with E-state index in [4.69, 9.17) is 4.74 Å². The fourth-order valence-corrected chi connectivity index (χ4v) is 4.00. The van der Waals surface area contributed by atoms with Crippen LogP contribution >= 0.6 is 0 Å². The zero-order valence-corrected chi connectivity index (χ0v) is 15.4. The van der Waals surface area contributed by atoms with Gasteiger partial charge in [-0.2, -0.15) is 0 Å². The number of anilines is 1. The number of carbonyl (C=O) groups is 1. The van der Waals surface area contributed by atoms with Crippen LogP contribution in [0.2, 0.25) is 0 Å². The Morgan fingerprint density at radius 2 is 2.08 bits per heavy atom. The lowest BCUT2D eigenvalue weighted by Crippen LogP contribution is -2.27. The first-order chi connectivity index (χ1) is 11.3. The Bertz CT molecular complexity index is 686. The molecule has 0 radical (unpaired) electrons. The number of amides is 1. The molecule has 0 aliphatic carbocycles. The monoisotopic (exact) mass is 354 g/mol. The summed E-state index contributed by atoms with van der Waals surface area (Å²) in [7, 11) is -3.55. The molecule has 0 saturated carbocycles. The summed E-state index contributed by atoms with van der Waals surface area (Å²) in [6, 6.07) is 5.04. The minimum Gasteiger partial charge on any atom is -0.379 e. The summed E-state index contributed by atoms with van der Waals surface area (Å²) in [6.45, 7) is 7.19. The first kappa shape index (κ1) is 18.9. The molecule has 0 bridgehead atoms. The van der Waals surface area contributed by atoms with E-state index >= 15 is 0 Å². The van der Waals surface area contributed by atoms with Crippen LogP contribution in [0.3, 0.4) is 0 Å². The van der Waals surface area contributed by atoms with Crippen LogP contribution in [0.1, 0.15) is 38.7 Å². The Morgan fingerprint density at radius 1 is 1.33 bits per heavy atom. The molecule has 24 heavy (non-hydrogen) atoms. The molecule has 2 rings (SSSR count). The Hall–Kier alpha value is -1.44. The number of ether oxygens (including phenoxy) is 1. The van der Waals surface area contributed by atoms with Gasteiger partial charge < -0.3 is 9.64 Å². The molecule has 1 fully saturated rings. The third-order valence-electron chi connectivity index (χ3n) is 3.90. The summed E-state index contributed by atoms with van der Waals surface area (Å²) in [5.41, 5.74) is 1.40.